The fraction of sp³-hybridized carbons (Fsp3) is 0.256. The molecule has 2 aromatic heterocycles. The molecule has 1 spiro atoms. The van der Waals surface area contributed by atoms with Gasteiger partial charge in [-0.05, 0) is 91.9 Å². The summed E-state index contributed by atoms with van der Waals surface area (Å²) in [5.74, 6) is -0.461. The monoisotopic (exact) mass is 737 g/mol. The average molecular weight is 738 g/mol. The molecular formula is C39H36FN5O5S2. The molecule has 0 aliphatic carbocycles. The van der Waals surface area contributed by atoms with Gasteiger partial charge in [0.15, 0.2) is 5.82 Å². The lowest BCUT2D eigenvalue weighted by Crippen LogP contribution is -2.59. The first-order valence-electron chi connectivity index (χ1n) is 17.1. The van der Waals surface area contributed by atoms with Gasteiger partial charge in [0, 0.05) is 60.5 Å². The van der Waals surface area contributed by atoms with Crippen LogP contribution in [0.1, 0.15) is 44.0 Å². The molecule has 0 saturated carbocycles. The first kappa shape index (κ1) is 34.2. The number of aromatic nitrogens is 1. The summed E-state index contributed by atoms with van der Waals surface area (Å²) in [6.07, 6.45) is 4.17. The van der Waals surface area contributed by atoms with Crippen LogP contribution < -0.4 is 19.4 Å². The molecule has 52 heavy (non-hydrogen) atoms. The van der Waals surface area contributed by atoms with Crippen molar-refractivity contribution >= 4 is 63.0 Å². The highest BCUT2D eigenvalue weighted by Gasteiger charge is 2.45. The van der Waals surface area contributed by atoms with Crippen LogP contribution in [0.3, 0.4) is 0 Å². The maximum Gasteiger partial charge on any atom is 0.266 e. The lowest BCUT2D eigenvalue weighted by atomic mass is 9.73. The molecule has 8 rings (SSSR count). The summed E-state index contributed by atoms with van der Waals surface area (Å²) in [4.78, 5) is 37.2. The Bertz CT molecular complexity index is 2180. The Morgan fingerprint density at radius 1 is 1.02 bits per heavy atom. The SMILES string of the molecule is Cc1cccc(F)c1NC(=O)c1cc2c(s1)-c1ccccc1N(C(=O)c1ccc(N(c3cccnc3N3CC4(CCOCC4)C3)S(=O)O)cc1)CC2. The summed E-state index contributed by atoms with van der Waals surface area (Å²) in [6.45, 7) is 5.22. The van der Waals surface area contributed by atoms with Crippen molar-refractivity contribution < 1.29 is 27.5 Å². The Kier molecular flexibility index (Phi) is 9.12. The van der Waals surface area contributed by atoms with Crippen LogP contribution in [0.4, 0.5) is 33.0 Å². The highest BCUT2D eigenvalue weighted by molar-refractivity contribution is 7.81. The molecule has 10 nitrogen and oxygen atoms in total. The van der Waals surface area contributed by atoms with E-state index in [4.69, 9.17) is 4.74 Å². The lowest BCUT2D eigenvalue weighted by molar-refractivity contribution is -0.000411. The van der Waals surface area contributed by atoms with Crippen LogP contribution in [-0.4, -0.2) is 58.4 Å². The van der Waals surface area contributed by atoms with Crippen LogP contribution in [0.2, 0.25) is 0 Å². The number of rotatable bonds is 7. The second kappa shape index (κ2) is 13.9. The second-order valence-electron chi connectivity index (χ2n) is 13.5. The summed E-state index contributed by atoms with van der Waals surface area (Å²) in [5, 5.41) is 2.73. The summed E-state index contributed by atoms with van der Waals surface area (Å²) < 4.78 is 44.7. The molecule has 0 radical (unpaired) electrons. The lowest BCUT2D eigenvalue weighted by Gasteiger charge is -2.53. The minimum atomic E-state index is -2.41. The molecule has 0 bridgehead atoms. The van der Waals surface area contributed by atoms with E-state index in [1.54, 1.807) is 66.6 Å². The van der Waals surface area contributed by atoms with Crippen molar-refractivity contribution in [2.75, 3.05) is 52.3 Å². The molecule has 3 aliphatic rings. The predicted octanol–water partition coefficient (Wildman–Crippen LogP) is 7.60. The smallest absolute Gasteiger partial charge is 0.266 e. The van der Waals surface area contributed by atoms with E-state index in [2.05, 4.69) is 15.2 Å². The van der Waals surface area contributed by atoms with Gasteiger partial charge in [0.2, 0.25) is 0 Å². The molecule has 5 heterocycles. The fourth-order valence-corrected chi connectivity index (χ4v) is 9.17. The zero-order valence-electron chi connectivity index (χ0n) is 28.4. The van der Waals surface area contributed by atoms with Crippen LogP contribution in [0, 0.1) is 18.2 Å². The van der Waals surface area contributed by atoms with E-state index < -0.39 is 17.1 Å². The Balaban J connectivity index is 1.03. The number of thiophene rings is 1. The third-order valence-corrected chi connectivity index (χ3v) is 12.1. The van der Waals surface area contributed by atoms with Crippen LogP contribution >= 0.6 is 11.3 Å². The number of hydrogen-bond donors (Lipinski definition) is 2. The Labute approximate surface area is 307 Å². The van der Waals surface area contributed by atoms with Crippen molar-refractivity contribution in [3.63, 3.8) is 0 Å². The van der Waals surface area contributed by atoms with Crippen LogP contribution in [0.15, 0.2) is 91.1 Å². The molecule has 266 valence electrons. The van der Waals surface area contributed by atoms with Gasteiger partial charge in [-0.25, -0.2) is 17.9 Å². The number of fused-ring (bicyclic) bond motifs is 3. The minimum absolute atomic E-state index is 0.160. The predicted molar refractivity (Wildman–Crippen MR) is 203 cm³/mol. The number of pyridine rings is 1. The zero-order valence-corrected chi connectivity index (χ0v) is 30.0. The first-order chi connectivity index (χ1) is 25.2. The molecule has 2 amide bonds. The van der Waals surface area contributed by atoms with Gasteiger partial charge in [0.1, 0.15) is 5.82 Å². The van der Waals surface area contributed by atoms with E-state index in [1.807, 2.05) is 30.3 Å². The maximum absolute atomic E-state index is 14.5. The van der Waals surface area contributed by atoms with Crippen molar-refractivity contribution in [3.8, 4) is 10.4 Å². The van der Waals surface area contributed by atoms with E-state index in [1.165, 1.54) is 21.7 Å². The Hall–Kier alpha value is -4.95. The van der Waals surface area contributed by atoms with Crippen molar-refractivity contribution in [2.24, 2.45) is 5.41 Å². The third kappa shape index (κ3) is 6.27. The number of carbonyl (C=O) groups is 2. The van der Waals surface area contributed by atoms with Crippen LogP contribution in [0.25, 0.3) is 10.4 Å². The Morgan fingerprint density at radius 2 is 1.79 bits per heavy atom. The quantitative estimate of drug-likeness (QED) is 0.165. The minimum Gasteiger partial charge on any atom is -0.381 e. The van der Waals surface area contributed by atoms with Crippen molar-refractivity contribution in [2.45, 2.75) is 26.2 Å². The highest BCUT2D eigenvalue weighted by atomic mass is 32.2. The highest BCUT2D eigenvalue weighted by Crippen LogP contribution is 2.46. The molecule has 3 aromatic carbocycles. The topological polar surface area (TPSA) is 115 Å². The molecule has 2 saturated heterocycles. The van der Waals surface area contributed by atoms with Crippen LogP contribution in [-0.2, 0) is 22.4 Å². The normalized spacial score (nSPS) is 16.7. The van der Waals surface area contributed by atoms with E-state index >= 15 is 0 Å². The van der Waals surface area contributed by atoms with Crippen molar-refractivity contribution in [3.05, 3.63) is 119 Å². The summed E-state index contributed by atoms with van der Waals surface area (Å²) >= 11 is -1.09. The molecule has 5 aromatic rings. The average Bonchev–Trinajstić information content (AvgIpc) is 3.51. The summed E-state index contributed by atoms with van der Waals surface area (Å²) in [5.41, 5.74) is 4.82. The van der Waals surface area contributed by atoms with Gasteiger partial charge < -0.3 is 19.9 Å². The molecule has 1 unspecified atom stereocenters. The van der Waals surface area contributed by atoms with Gasteiger partial charge in [-0.15, -0.1) is 11.3 Å². The number of amides is 2. The number of ether oxygens (including phenoxy) is 1. The molecule has 2 N–H and O–H groups in total. The van der Waals surface area contributed by atoms with Gasteiger partial charge in [-0.3, -0.25) is 14.1 Å². The van der Waals surface area contributed by atoms with E-state index in [0.717, 1.165) is 55.1 Å². The van der Waals surface area contributed by atoms with E-state index in [9.17, 15) is 22.7 Å². The zero-order chi connectivity index (χ0) is 36.0. The molecule has 1 atom stereocenters. The third-order valence-electron chi connectivity index (χ3n) is 10.2. The van der Waals surface area contributed by atoms with E-state index in [-0.39, 0.29) is 22.9 Å². The van der Waals surface area contributed by atoms with Gasteiger partial charge in [0.25, 0.3) is 23.1 Å². The van der Waals surface area contributed by atoms with Gasteiger partial charge in [0.05, 0.1) is 27.6 Å². The number of hydrogen-bond acceptors (Lipinski definition) is 7. The number of para-hydroxylation sites is 2. The van der Waals surface area contributed by atoms with Crippen LogP contribution in [0.5, 0.6) is 0 Å². The van der Waals surface area contributed by atoms with Crippen molar-refractivity contribution in [1.82, 2.24) is 4.98 Å². The number of halogens is 1. The molecule has 2 fully saturated rings. The second-order valence-corrected chi connectivity index (χ2v) is 15.3. The number of nitrogens with zero attached hydrogens (tertiary/aromatic N) is 4. The van der Waals surface area contributed by atoms with Gasteiger partial charge in [-0.2, -0.15) is 0 Å². The number of nitrogens with one attached hydrogen (secondary N) is 1. The largest absolute Gasteiger partial charge is 0.381 e. The number of aryl methyl sites for hydroxylation is 1. The van der Waals surface area contributed by atoms with Gasteiger partial charge >= 0.3 is 0 Å². The molecular weight excluding hydrogens is 702 g/mol. The standard InChI is InChI=1S/C39H36FN5O5S2/c1-25-6-4-8-30(40)34(25)42-37(46)33-22-27-15-19-44(31-9-3-2-7-29(31)35(27)51-33)38(47)26-11-13-28(14-12-26)45(52(48)49)32-10-5-18-41-36(32)43-23-39(24-43)16-20-50-21-17-39/h2-14,18,22H,15-17,19-21,23-24H2,1H3,(H,42,46)(H,48,49). The van der Waals surface area contributed by atoms with E-state index in [0.29, 0.717) is 51.8 Å². The number of benzene rings is 3. The number of anilines is 5. The number of carbonyl (C=O) groups excluding carboxylic acids is 2. The maximum atomic E-state index is 14.5. The fourth-order valence-electron chi connectivity index (χ4n) is 7.42. The molecule has 3 aliphatic heterocycles. The van der Waals surface area contributed by atoms with Crippen molar-refractivity contribution in [1.29, 1.82) is 0 Å². The summed E-state index contributed by atoms with van der Waals surface area (Å²) in [6, 6.07) is 24.3. The van der Waals surface area contributed by atoms with Gasteiger partial charge in [-0.1, -0.05) is 30.3 Å². The summed E-state index contributed by atoms with van der Waals surface area (Å²) in [7, 11) is 0. The molecule has 13 heteroatoms. The first-order valence-corrected chi connectivity index (χ1v) is 19.0. The Morgan fingerprint density at radius 3 is 2.54 bits per heavy atom.